The first-order chi connectivity index (χ1) is 11.2. The Bertz CT molecular complexity index is 880. The summed E-state index contributed by atoms with van der Waals surface area (Å²) >= 11 is 12.7. The molecule has 1 aromatic heterocycles. The van der Waals surface area contributed by atoms with Crippen LogP contribution in [0.15, 0.2) is 60.8 Å². The summed E-state index contributed by atoms with van der Waals surface area (Å²) in [6.45, 7) is 0. The van der Waals surface area contributed by atoms with Crippen LogP contribution in [0, 0.1) is 0 Å². The van der Waals surface area contributed by atoms with Gasteiger partial charge < -0.3 is 10.6 Å². The van der Waals surface area contributed by atoms with E-state index in [1.165, 1.54) is 0 Å². The Morgan fingerprint density at radius 3 is 2.61 bits per heavy atom. The summed E-state index contributed by atoms with van der Waals surface area (Å²) in [6, 6.07) is 17.4. The third-order valence-corrected chi connectivity index (χ3v) is 4.48. The second-order valence-corrected chi connectivity index (χ2v) is 6.20. The molecule has 2 heterocycles. The summed E-state index contributed by atoms with van der Waals surface area (Å²) in [6.07, 6.45) is 1.76. The lowest BCUT2D eigenvalue weighted by atomic mass is 9.97. The number of fused-ring (bicyclic) bond motifs is 2. The normalized spacial score (nSPS) is 15.7. The van der Waals surface area contributed by atoms with Gasteiger partial charge in [-0.25, -0.2) is 4.98 Å². The Labute approximate surface area is 144 Å². The molecule has 3 aromatic rings. The van der Waals surface area contributed by atoms with E-state index in [0.717, 1.165) is 28.3 Å². The van der Waals surface area contributed by atoms with Gasteiger partial charge in [0.25, 0.3) is 0 Å². The molecule has 1 aliphatic rings. The topological polar surface area (TPSA) is 37.0 Å². The molecule has 0 saturated heterocycles. The molecule has 23 heavy (non-hydrogen) atoms. The van der Waals surface area contributed by atoms with Crippen LogP contribution < -0.4 is 10.6 Å². The number of nitrogens with zero attached hydrogens (tertiary/aromatic N) is 1. The molecule has 0 aliphatic carbocycles. The van der Waals surface area contributed by atoms with Crippen LogP contribution in [0.2, 0.25) is 10.0 Å². The van der Waals surface area contributed by atoms with Crippen molar-refractivity contribution in [2.24, 2.45) is 0 Å². The first-order valence-electron chi connectivity index (χ1n) is 7.25. The number of hydrogen-bond donors (Lipinski definition) is 2. The standard InChI is InChI=1S/C18H13Cl2N3/c19-11-7-8-15-13(10-11)17(12-4-1-2-5-14(12)20)22-16-6-3-9-21-18(16)23-15/h1-10,17,22H,(H,21,23). The second kappa shape index (κ2) is 5.76. The molecule has 0 spiro atoms. The Kier molecular flexibility index (Phi) is 3.60. The summed E-state index contributed by atoms with van der Waals surface area (Å²) in [5.41, 5.74) is 3.91. The largest absolute Gasteiger partial charge is 0.371 e. The number of halogens is 2. The van der Waals surface area contributed by atoms with Gasteiger partial charge in [-0.3, -0.25) is 0 Å². The molecule has 1 atom stereocenters. The SMILES string of the molecule is Clc1ccc2c(c1)C(c1ccccc1Cl)Nc1cccnc1N2. The maximum absolute atomic E-state index is 6.44. The number of anilines is 3. The minimum Gasteiger partial charge on any atom is -0.371 e. The van der Waals surface area contributed by atoms with Gasteiger partial charge in [0.05, 0.1) is 11.7 Å². The van der Waals surface area contributed by atoms with Crippen LogP contribution in [0.5, 0.6) is 0 Å². The predicted octanol–water partition coefficient (Wildman–Crippen LogP) is 5.65. The van der Waals surface area contributed by atoms with Gasteiger partial charge in [-0.2, -0.15) is 0 Å². The first-order valence-corrected chi connectivity index (χ1v) is 8.00. The Morgan fingerprint density at radius 1 is 0.870 bits per heavy atom. The van der Waals surface area contributed by atoms with Gasteiger partial charge in [-0.05, 0) is 42.0 Å². The lowest BCUT2D eigenvalue weighted by Crippen LogP contribution is -2.12. The molecule has 1 unspecified atom stereocenters. The molecule has 0 saturated carbocycles. The van der Waals surface area contributed by atoms with Crippen molar-refractivity contribution in [3.05, 3.63) is 82.0 Å². The van der Waals surface area contributed by atoms with Gasteiger partial charge in [0, 0.05) is 27.5 Å². The van der Waals surface area contributed by atoms with E-state index >= 15 is 0 Å². The van der Waals surface area contributed by atoms with Gasteiger partial charge in [-0.1, -0.05) is 41.4 Å². The Hall–Kier alpha value is -2.23. The monoisotopic (exact) mass is 341 g/mol. The zero-order valence-electron chi connectivity index (χ0n) is 12.1. The smallest absolute Gasteiger partial charge is 0.153 e. The van der Waals surface area contributed by atoms with E-state index in [-0.39, 0.29) is 6.04 Å². The molecule has 3 nitrogen and oxygen atoms in total. The van der Waals surface area contributed by atoms with E-state index in [4.69, 9.17) is 23.2 Å². The Morgan fingerprint density at radius 2 is 1.74 bits per heavy atom. The van der Waals surface area contributed by atoms with Gasteiger partial charge in [0.15, 0.2) is 5.82 Å². The number of benzene rings is 2. The van der Waals surface area contributed by atoms with Crippen molar-refractivity contribution in [3.63, 3.8) is 0 Å². The van der Waals surface area contributed by atoms with Gasteiger partial charge in [-0.15, -0.1) is 0 Å². The minimum atomic E-state index is -0.115. The zero-order valence-corrected chi connectivity index (χ0v) is 13.6. The maximum Gasteiger partial charge on any atom is 0.153 e. The minimum absolute atomic E-state index is 0.115. The number of hydrogen-bond acceptors (Lipinski definition) is 3. The summed E-state index contributed by atoms with van der Waals surface area (Å²) in [5, 5.41) is 8.30. The van der Waals surface area contributed by atoms with E-state index in [0.29, 0.717) is 10.0 Å². The number of aromatic nitrogens is 1. The van der Waals surface area contributed by atoms with E-state index in [9.17, 15) is 0 Å². The second-order valence-electron chi connectivity index (χ2n) is 5.36. The molecule has 0 amide bonds. The van der Waals surface area contributed by atoms with E-state index < -0.39 is 0 Å². The van der Waals surface area contributed by atoms with Crippen LogP contribution in [-0.2, 0) is 0 Å². The number of rotatable bonds is 1. The van der Waals surface area contributed by atoms with Crippen LogP contribution in [0.25, 0.3) is 0 Å². The first kappa shape index (κ1) is 14.4. The average Bonchev–Trinajstić information content (AvgIpc) is 2.72. The maximum atomic E-state index is 6.44. The van der Waals surface area contributed by atoms with Crippen molar-refractivity contribution in [1.29, 1.82) is 0 Å². The van der Waals surface area contributed by atoms with Gasteiger partial charge in [0.2, 0.25) is 0 Å². The highest BCUT2D eigenvalue weighted by molar-refractivity contribution is 6.31. The van der Waals surface area contributed by atoms with Gasteiger partial charge >= 0.3 is 0 Å². The van der Waals surface area contributed by atoms with E-state index in [2.05, 4.69) is 15.6 Å². The summed E-state index contributed by atoms with van der Waals surface area (Å²) in [4.78, 5) is 4.41. The molecule has 2 aromatic carbocycles. The molecule has 0 fully saturated rings. The van der Waals surface area contributed by atoms with Crippen LogP contribution in [0.1, 0.15) is 17.2 Å². The van der Waals surface area contributed by atoms with Crippen molar-refractivity contribution in [2.75, 3.05) is 10.6 Å². The van der Waals surface area contributed by atoms with Crippen molar-refractivity contribution in [3.8, 4) is 0 Å². The van der Waals surface area contributed by atoms with Crippen molar-refractivity contribution in [1.82, 2.24) is 4.98 Å². The zero-order chi connectivity index (χ0) is 15.8. The fraction of sp³-hybridized carbons (Fsp3) is 0.0556. The molecule has 1 aliphatic heterocycles. The third-order valence-electron chi connectivity index (χ3n) is 3.90. The predicted molar refractivity (Wildman–Crippen MR) is 95.9 cm³/mol. The van der Waals surface area contributed by atoms with Crippen molar-refractivity contribution >= 4 is 40.4 Å². The number of pyridine rings is 1. The van der Waals surface area contributed by atoms with E-state index in [1.807, 2.05) is 54.6 Å². The highest BCUT2D eigenvalue weighted by Crippen LogP contribution is 2.41. The molecule has 5 heteroatoms. The molecule has 0 bridgehead atoms. The highest BCUT2D eigenvalue weighted by Gasteiger charge is 2.24. The van der Waals surface area contributed by atoms with Crippen LogP contribution >= 0.6 is 23.2 Å². The summed E-state index contributed by atoms with van der Waals surface area (Å²) < 4.78 is 0. The van der Waals surface area contributed by atoms with Crippen LogP contribution in [0.4, 0.5) is 17.2 Å². The summed E-state index contributed by atoms with van der Waals surface area (Å²) in [7, 11) is 0. The van der Waals surface area contributed by atoms with Crippen molar-refractivity contribution < 1.29 is 0 Å². The average molecular weight is 342 g/mol. The summed E-state index contributed by atoms with van der Waals surface area (Å²) in [5.74, 6) is 0.783. The molecule has 2 N–H and O–H groups in total. The lowest BCUT2D eigenvalue weighted by molar-refractivity contribution is 0.949. The molecule has 4 rings (SSSR count). The molecule has 0 radical (unpaired) electrons. The fourth-order valence-corrected chi connectivity index (χ4v) is 3.25. The van der Waals surface area contributed by atoms with Crippen LogP contribution in [-0.4, -0.2) is 4.98 Å². The van der Waals surface area contributed by atoms with Crippen LogP contribution in [0.3, 0.4) is 0 Å². The highest BCUT2D eigenvalue weighted by atomic mass is 35.5. The Balaban J connectivity index is 1.94. The number of nitrogens with one attached hydrogen (secondary N) is 2. The molecular formula is C18H13Cl2N3. The quantitative estimate of drug-likeness (QED) is 0.600. The van der Waals surface area contributed by atoms with Crippen molar-refractivity contribution in [2.45, 2.75) is 6.04 Å². The lowest BCUT2D eigenvalue weighted by Gasteiger charge is -2.21. The molecular weight excluding hydrogens is 329 g/mol. The third kappa shape index (κ3) is 2.62. The molecule has 114 valence electrons. The fourth-order valence-electron chi connectivity index (χ4n) is 2.82. The van der Waals surface area contributed by atoms with Gasteiger partial charge in [0.1, 0.15) is 0 Å². The van der Waals surface area contributed by atoms with E-state index in [1.54, 1.807) is 6.20 Å².